The topological polar surface area (TPSA) is 64.4 Å². The number of fused-ring (bicyclic) bond motifs is 1. The molecule has 0 radical (unpaired) electrons. The number of ether oxygens (including phenoxy) is 1. The average molecular weight is 468 g/mol. The first-order valence-corrected chi connectivity index (χ1v) is 11.1. The van der Waals surface area contributed by atoms with E-state index in [1.807, 2.05) is 0 Å². The fraction of sp³-hybridized carbons (Fsp3) is 0.346. The zero-order chi connectivity index (χ0) is 24.6. The predicted octanol–water partition coefficient (Wildman–Crippen LogP) is 4.76. The van der Waals surface area contributed by atoms with Crippen LogP contribution in [0.2, 0.25) is 0 Å². The van der Waals surface area contributed by atoms with Gasteiger partial charge in [0.1, 0.15) is 23.1 Å². The average Bonchev–Trinajstić information content (AvgIpc) is 2.77. The summed E-state index contributed by atoms with van der Waals surface area (Å²) >= 11 is 0. The molecule has 1 amide bonds. The van der Waals surface area contributed by atoms with Crippen molar-refractivity contribution in [2.45, 2.75) is 52.3 Å². The van der Waals surface area contributed by atoms with Gasteiger partial charge in [-0.15, -0.1) is 0 Å². The molecule has 0 unspecified atom stereocenters. The quantitative estimate of drug-likeness (QED) is 0.557. The zero-order valence-corrected chi connectivity index (χ0v) is 19.6. The summed E-state index contributed by atoms with van der Waals surface area (Å²) in [6, 6.07) is 11.0. The minimum atomic E-state index is -0.653. The Hall–Kier alpha value is -3.55. The fourth-order valence-electron chi connectivity index (χ4n) is 4.18. The van der Waals surface area contributed by atoms with E-state index in [1.54, 1.807) is 52.0 Å². The van der Waals surface area contributed by atoms with Gasteiger partial charge in [-0.2, -0.15) is 0 Å². The van der Waals surface area contributed by atoms with E-state index < -0.39 is 29.4 Å². The maximum atomic E-state index is 13.8. The van der Waals surface area contributed by atoms with Crippen molar-refractivity contribution in [3.8, 4) is 0 Å². The Balaban J connectivity index is 1.81. The van der Waals surface area contributed by atoms with Crippen molar-refractivity contribution in [2.75, 3.05) is 6.54 Å². The van der Waals surface area contributed by atoms with Crippen LogP contribution in [0.25, 0.3) is 0 Å². The summed E-state index contributed by atoms with van der Waals surface area (Å²) in [6.45, 7) is 7.58. The van der Waals surface area contributed by atoms with Crippen LogP contribution in [-0.4, -0.2) is 32.7 Å². The zero-order valence-electron chi connectivity index (χ0n) is 19.6. The van der Waals surface area contributed by atoms with Gasteiger partial charge in [0, 0.05) is 13.0 Å². The molecule has 1 aliphatic rings. The van der Waals surface area contributed by atoms with Gasteiger partial charge in [-0.25, -0.2) is 18.6 Å². The number of aryl methyl sites for hydroxylation is 1. The number of carbonyl (C=O) groups excluding carboxylic acids is 1. The van der Waals surface area contributed by atoms with E-state index in [4.69, 9.17) is 4.74 Å². The number of carbonyl (C=O) groups is 1. The number of hydrogen-bond acceptors (Lipinski definition) is 4. The Labute approximate surface area is 196 Å². The third-order valence-electron chi connectivity index (χ3n) is 5.72. The Morgan fingerprint density at radius 2 is 1.53 bits per heavy atom. The highest BCUT2D eigenvalue weighted by molar-refractivity contribution is 5.68. The van der Waals surface area contributed by atoms with Gasteiger partial charge in [0.2, 0.25) is 0 Å². The molecule has 8 heteroatoms. The van der Waals surface area contributed by atoms with Crippen LogP contribution in [0.15, 0.2) is 53.3 Å². The largest absolute Gasteiger partial charge is 0.444 e. The highest BCUT2D eigenvalue weighted by Gasteiger charge is 2.30. The van der Waals surface area contributed by atoms with Crippen molar-refractivity contribution in [3.05, 3.63) is 98.7 Å². The van der Waals surface area contributed by atoms with Gasteiger partial charge >= 0.3 is 6.09 Å². The maximum absolute atomic E-state index is 13.8. The summed E-state index contributed by atoms with van der Waals surface area (Å²) in [6.07, 6.45) is -0.0539. The first-order valence-electron chi connectivity index (χ1n) is 11.1. The van der Waals surface area contributed by atoms with Crippen molar-refractivity contribution in [2.24, 2.45) is 0 Å². The lowest BCUT2D eigenvalue weighted by Gasteiger charge is -2.32. The molecule has 2 aromatic carbocycles. The van der Waals surface area contributed by atoms with Gasteiger partial charge in [-0.1, -0.05) is 24.3 Å². The highest BCUT2D eigenvalue weighted by Crippen LogP contribution is 2.28. The van der Waals surface area contributed by atoms with Crippen molar-refractivity contribution in [3.63, 3.8) is 0 Å². The standard InChI is InChI=1S/C26H27F2N3O3/c1-16-29-22-13-14-30(25(33)34-26(2,3)4)15-21(22)24(32)31(16)23(17-5-9-19(27)10-6-17)18-7-11-20(28)12-8-18/h5-12,23H,13-15H2,1-4H3. The summed E-state index contributed by atoms with van der Waals surface area (Å²) in [7, 11) is 0. The van der Waals surface area contributed by atoms with Gasteiger partial charge < -0.3 is 9.64 Å². The van der Waals surface area contributed by atoms with Crippen LogP contribution in [0.1, 0.15) is 55.0 Å². The molecule has 0 atom stereocenters. The van der Waals surface area contributed by atoms with Gasteiger partial charge in [0.05, 0.1) is 23.8 Å². The number of hydrogen-bond donors (Lipinski definition) is 0. The highest BCUT2D eigenvalue weighted by atomic mass is 19.1. The van der Waals surface area contributed by atoms with Gasteiger partial charge in [-0.05, 0) is 63.1 Å². The Bertz CT molecular complexity index is 1220. The number of amides is 1. The fourth-order valence-corrected chi connectivity index (χ4v) is 4.18. The number of aromatic nitrogens is 2. The van der Waals surface area contributed by atoms with Crippen LogP contribution in [0.4, 0.5) is 13.6 Å². The predicted molar refractivity (Wildman–Crippen MR) is 124 cm³/mol. The SMILES string of the molecule is Cc1nc2c(c(=O)n1C(c1ccc(F)cc1)c1ccc(F)cc1)CN(C(=O)OC(C)(C)C)CC2. The number of halogens is 2. The molecule has 6 nitrogen and oxygen atoms in total. The third kappa shape index (κ3) is 4.85. The normalized spacial score (nSPS) is 13.7. The van der Waals surface area contributed by atoms with Crippen LogP contribution in [0.5, 0.6) is 0 Å². The van der Waals surface area contributed by atoms with Crippen molar-refractivity contribution in [1.29, 1.82) is 0 Å². The van der Waals surface area contributed by atoms with Crippen molar-refractivity contribution >= 4 is 6.09 Å². The van der Waals surface area contributed by atoms with E-state index in [0.717, 1.165) is 0 Å². The molecule has 178 valence electrons. The summed E-state index contributed by atoms with van der Waals surface area (Å²) < 4.78 is 34.3. The molecule has 3 aromatic rings. The third-order valence-corrected chi connectivity index (χ3v) is 5.72. The van der Waals surface area contributed by atoms with Crippen LogP contribution in [0, 0.1) is 18.6 Å². The second-order valence-corrected chi connectivity index (χ2v) is 9.42. The van der Waals surface area contributed by atoms with E-state index in [2.05, 4.69) is 4.98 Å². The molecule has 0 aliphatic carbocycles. The summed E-state index contributed by atoms with van der Waals surface area (Å²) in [5.74, 6) is -0.322. The summed E-state index contributed by atoms with van der Waals surface area (Å²) in [4.78, 5) is 32.6. The Kier molecular flexibility index (Phi) is 6.25. The van der Waals surface area contributed by atoms with Crippen molar-refractivity contribution in [1.82, 2.24) is 14.5 Å². The number of nitrogens with zero attached hydrogens (tertiary/aromatic N) is 3. The smallest absolute Gasteiger partial charge is 0.410 e. The van der Waals surface area contributed by atoms with Crippen LogP contribution in [-0.2, 0) is 17.7 Å². The van der Waals surface area contributed by atoms with Gasteiger partial charge in [-0.3, -0.25) is 9.36 Å². The van der Waals surface area contributed by atoms with Gasteiger partial charge in [0.25, 0.3) is 5.56 Å². The molecule has 0 spiro atoms. The molecule has 0 saturated heterocycles. The van der Waals surface area contributed by atoms with E-state index in [9.17, 15) is 18.4 Å². The van der Waals surface area contributed by atoms with E-state index >= 15 is 0 Å². The Morgan fingerprint density at radius 1 is 1.00 bits per heavy atom. The number of benzene rings is 2. The first-order chi connectivity index (χ1) is 16.0. The second kappa shape index (κ2) is 9.00. The molecule has 0 saturated carbocycles. The molecule has 2 heterocycles. The molecule has 1 aromatic heterocycles. The van der Waals surface area contributed by atoms with Crippen LogP contribution >= 0.6 is 0 Å². The Morgan fingerprint density at radius 3 is 2.03 bits per heavy atom. The second-order valence-electron chi connectivity index (χ2n) is 9.42. The van der Waals surface area contributed by atoms with Crippen molar-refractivity contribution < 1.29 is 18.3 Å². The van der Waals surface area contributed by atoms with Gasteiger partial charge in [0.15, 0.2) is 0 Å². The van der Waals surface area contributed by atoms with Crippen LogP contribution in [0.3, 0.4) is 0 Å². The summed E-state index contributed by atoms with van der Waals surface area (Å²) in [5, 5.41) is 0. The molecule has 34 heavy (non-hydrogen) atoms. The molecule has 0 bridgehead atoms. The molecule has 0 N–H and O–H groups in total. The minimum absolute atomic E-state index is 0.0793. The molecule has 1 aliphatic heterocycles. The molecule has 4 rings (SSSR count). The molecule has 0 fully saturated rings. The lowest BCUT2D eigenvalue weighted by Crippen LogP contribution is -2.44. The number of rotatable bonds is 3. The monoisotopic (exact) mass is 467 g/mol. The summed E-state index contributed by atoms with van der Waals surface area (Å²) in [5.41, 5.74) is 1.42. The lowest BCUT2D eigenvalue weighted by atomic mass is 9.97. The first kappa shape index (κ1) is 23.6. The molecular formula is C26H27F2N3O3. The maximum Gasteiger partial charge on any atom is 0.410 e. The van der Waals surface area contributed by atoms with E-state index in [0.29, 0.717) is 41.2 Å². The lowest BCUT2D eigenvalue weighted by molar-refractivity contribution is 0.0221. The minimum Gasteiger partial charge on any atom is -0.444 e. The molecular weight excluding hydrogens is 440 g/mol. The van der Waals surface area contributed by atoms with Crippen LogP contribution < -0.4 is 5.56 Å². The van der Waals surface area contributed by atoms with E-state index in [1.165, 1.54) is 33.7 Å². The van der Waals surface area contributed by atoms with E-state index in [-0.39, 0.29) is 12.1 Å².